The van der Waals surface area contributed by atoms with Crippen LogP contribution in [0.15, 0.2) is 18.2 Å². The summed E-state index contributed by atoms with van der Waals surface area (Å²) in [5.74, 6) is 0. The van der Waals surface area contributed by atoms with E-state index in [4.69, 9.17) is 4.74 Å². The Morgan fingerprint density at radius 1 is 1.12 bits per heavy atom. The third-order valence-corrected chi connectivity index (χ3v) is 5.56. The minimum absolute atomic E-state index is 0.389. The molecule has 4 nitrogen and oxygen atoms in total. The van der Waals surface area contributed by atoms with Gasteiger partial charge in [0.2, 0.25) is 0 Å². The molecule has 0 bridgehead atoms. The van der Waals surface area contributed by atoms with E-state index in [1.165, 1.54) is 36.9 Å². The number of β-amino-alcohol motifs (C(OH)–C–C–N with tert-alkyl or cyclic N) is 1. The molecule has 2 fully saturated rings. The molecule has 2 aliphatic rings. The second-order valence-electron chi connectivity index (χ2n) is 7.41. The van der Waals surface area contributed by atoms with Crippen LogP contribution in [-0.4, -0.2) is 66.9 Å². The zero-order valence-corrected chi connectivity index (χ0v) is 15.2. The fourth-order valence-corrected chi connectivity index (χ4v) is 4.05. The van der Waals surface area contributed by atoms with Crippen LogP contribution in [0.2, 0.25) is 0 Å². The number of aryl methyl sites for hydroxylation is 2. The molecule has 1 atom stereocenters. The molecule has 24 heavy (non-hydrogen) atoms. The third kappa shape index (κ3) is 4.57. The normalized spacial score (nSPS) is 23.1. The summed E-state index contributed by atoms with van der Waals surface area (Å²) >= 11 is 0. The highest BCUT2D eigenvalue weighted by atomic mass is 16.5. The zero-order valence-electron chi connectivity index (χ0n) is 15.2. The van der Waals surface area contributed by atoms with Gasteiger partial charge in [0.1, 0.15) is 0 Å². The summed E-state index contributed by atoms with van der Waals surface area (Å²) in [5, 5.41) is 10.7. The highest BCUT2D eigenvalue weighted by molar-refractivity contribution is 5.32. The average molecular weight is 332 g/mol. The number of hydrogen-bond acceptors (Lipinski definition) is 4. The Morgan fingerprint density at radius 2 is 1.92 bits per heavy atom. The first-order valence-corrected chi connectivity index (χ1v) is 9.43. The Morgan fingerprint density at radius 3 is 2.71 bits per heavy atom. The van der Waals surface area contributed by atoms with Crippen molar-refractivity contribution >= 4 is 0 Å². The average Bonchev–Trinajstić information content (AvgIpc) is 2.83. The van der Waals surface area contributed by atoms with Crippen molar-refractivity contribution in [3.63, 3.8) is 0 Å². The van der Waals surface area contributed by atoms with Gasteiger partial charge in [0, 0.05) is 38.9 Å². The maximum absolute atomic E-state index is 10.7. The second-order valence-corrected chi connectivity index (χ2v) is 7.41. The molecular weight excluding hydrogens is 300 g/mol. The molecule has 0 saturated carbocycles. The number of hydrogen-bond donors (Lipinski definition) is 1. The molecule has 1 aromatic rings. The Balaban J connectivity index is 1.55. The number of rotatable bonds is 4. The van der Waals surface area contributed by atoms with E-state index in [0.29, 0.717) is 6.04 Å². The highest BCUT2D eigenvalue weighted by Crippen LogP contribution is 2.22. The molecule has 0 aromatic heterocycles. The maximum atomic E-state index is 10.7. The van der Waals surface area contributed by atoms with Gasteiger partial charge in [0.05, 0.1) is 6.10 Å². The first-order valence-electron chi connectivity index (χ1n) is 9.43. The van der Waals surface area contributed by atoms with E-state index in [9.17, 15) is 5.11 Å². The number of ether oxygens (including phenoxy) is 1. The van der Waals surface area contributed by atoms with Crippen LogP contribution in [0, 0.1) is 13.8 Å². The van der Waals surface area contributed by atoms with Crippen LogP contribution >= 0.6 is 0 Å². The standard InChI is InChI=1S/C20H32N2O2/c1-16-4-5-17(2)19(14-16)20(23)15-21-8-3-9-22(11-10-21)18-6-12-24-13-7-18/h4-5,14,18,20,23H,3,6-13,15H2,1-2H3/t20-/m1/s1. The largest absolute Gasteiger partial charge is 0.387 e. The van der Waals surface area contributed by atoms with Gasteiger partial charge in [-0.3, -0.25) is 9.80 Å². The fourth-order valence-electron chi connectivity index (χ4n) is 4.05. The molecule has 134 valence electrons. The zero-order chi connectivity index (χ0) is 16.9. The summed E-state index contributed by atoms with van der Waals surface area (Å²) < 4.78 is 5.50. The van der Waals surface area contributed by atoms with Crippen LogP contribution in [0.3, 0.4) is 0 Å². The SMILES string of the molecule is Cc1ccc(C)c([C@H](O)CN2CCCN(C3CCOCC3)CC2)c1. The van der Waals surface area contributed by atoms with E-state index in [1.807, 2.05) is 0 Å². The predicted octanol–water partition coefficient (Wildman–Crippen LogP) is 2.52. The summed E-state index contributed by atoms with van der Waals surface area (Å²) in [6.45, 7) is 11.2. The Labute approximate surface area is 146 Å². The molecule has 0 unspecified atom stereocenters. The summed E-state index contributed by atoms with van der Waals surface area (Å²) in [7, 11) is 0. The Hall–Kier alpha value is -0.940. The van der Waals surface area contributed by atoms with Crippen LogP contribution in [0.4, 0.5) is 0 Å². The molecule has 0 radical (unpaired) electrons. The van der Waals surface area contributed by atoms with Gasteiger partial charge in [-0.1, -0.05) is 23.8 Å². The number of aliphatic hydroxyl groups is 1. The summed E-state index contributed by atoms with van der Waals surface area (Å²) in [5.41, 5.74) is 3.49. The van der Waals surface area contributed by atoms with Crippen LogP contribution in [0.25, 0.3) is 0 Å². The van der Waals surface area contributed by atoms with Gasteiger partial charge in [-0.15, -0.1) is 0 Å². The van der Waals surface area contributed by atoms with Crippen molar-refractivity contribution in [2.45, 2.75) is 45.3 Å². The van der Waals surface area contributed by atoms with Crippen LogP contribution in [0.1, 0.15) is 42.1 Å². The van der Waals surface area contributed by atoms with Gasteiger partial charge in [-0.25, -0.2) is 0 Å². The number of nitrogens with zero attached hydrogens (tertiary/aromatic N) is 2. The molecular formula is C20H32N2O2. The molecule has 1 N–H and O–H groups in total. The van der Waals surface area contributed by atoms with Crippen molar-refractivity contribution in [3.05, 3.63) is 34.9 Å². The number of benzene rings is 1. The minimum atomic E-state index is -0.389. The Kier molecular flexibility index (Phi) is 6.28. The third-order valence-electron chi connectivity index (χ3n) is 5.56. The summed E-state index contributed by atoms with van der Waals surface area (Å²) in [6, 6.07) is 7.06. The summed E-state index contributed by atoms with van der Waals surface area (Å²) in [4.78, 5) is 5.08. The van der Waals surface area contributed by atoms with E-state index < -0.39 is 0 Å². The van der Waals surface area contributed by atoms with Crippen LogP contribution in [0.5, 0.6) is 0 Å². The first-order chi connectivity index (χ1) is 11.6. The van der Waals surface area contributed by atoms with Crippen molar-refractivity contribution in [2.75, 3.05) is 45.9 Å². The van der Waals surface area contributed by atoms with Gasteiger partial charge in [-0.2, -0.15) is 0 Å². The van der Waals surface area contributed by atoms with E-state index in [0.717, 1.165) is 45.0 Å². The van der Waals surface area contributed by atoms with E-state index in [-0.39, 0.29) is 6.10 Å². The smallest absolute Gasteiger partial charge is 0.0919 e. The molecule has 0 amide bonds. The lowest BCUT2D eigenvalue weighted by molar-refractivity contribution is 0.0347. The van der Waals surface area contributed by atoms with Crippen LogP contribution < -0.4 is 0 Å². The quantitative estimate of drug-likeness (QED) is 0.919. The predicted molar refractivity (Wildman–Crippen MR) is 97.3 cm³/mol. The first kappa shape index (κ1) is 17.9. The van der Waals surface area contributed by atoms with E-state index >= 15 is 0 Å². The summed E-state index contributed by atoms with van der Waals surface area (Å²) in [6.07, 6.45) is 3.15. The lowest BCUT2D eigenvalue weighted by atomic mass is 10.0. The van der Waals surface area contributed by atoms with Crippen molar-refractivity contribution in [1.29, 1.82) is 0 Å². The number of aliphatic hydroxyl groups excluding tert-OH is 1. The molecule has 2 heterocycles. The van der Waals surface area contributed by atoms with Crippen molar-refractivity contribution in [2.24, 2.45) is 0 Å². The fraction of sp³-hybridized carbons (Fsp3) is 0.700. The lowest BCUT2D eigenvalue weighted by Crippen LogP contribution is -2.41. The second kappa shape index (κ2) is 8.43. The van der Waals surface area contributed by atoms with Crippen molar-refractivity contribution in [1.82, 2.24) is 9.80 Å². The van der Waals surface area contributed by atoms with Gasteiger partial charge in [0.15, 0.2) is 0 Å². The maximum Gasteiger partial charge on any atom is 0.0919 e. The molecule has 2 aliphatic heterocycles. The molecule has 2 saturated heterocycles. The van der Waals surface area contributed by atoms with Crippen LogP contribution in [-0.2, 0) is 4.74 Å². The minimum Gasteiger partial charge on any atom is -0.387 e. The molecule has 1 aromatic carbocycles. The lowest BCUT2D eigenvalue weighted by Gasteiger charge is -2.33. The van der Waals surface area contributed by atoms with E-state index in [1.54, 1.807) is 0 Å². The molecule has 4 heteroatoms. The highest BCUT2D eigenvalue weighted by Gasteiger charge is 2.25. The van der Waals surface area contributed by atoms with Gasteiger partial charge < -0.3 is 9.84 Å². The Bertz CT molecular complexity index is 528. The van der Waals surface area contributed by atoms with Gasteiger partial charge >= 0.3 is 0 Å². The topological polar surface area (TPSA) is 35.9 Å². The molecule has 3 rings (SSSR count). The molecule has 0 spiro atoms. The monoisotopic (exact) mass is 332 g/mol. The van der Waals surface area contributed by atoms with Gasteiger partial charge in [0.25, 0.3) is 0 Å². The van der Waals surface area contributed by atoms with Crippen molar-refractivity contribution in [3.8, 4) is 0 Å². The van der Waals surface area contributed by atoms with E-state index in [2.05, 4.69) is 41.8 Å². The van der Waals surface area contributed by atoms with Crippen molar-refractivity contribution < 1.29 is 9.84 Å². The molecule has 0 aliphatic carbocycles. The van der Waals surface area contributed by atoms with Gasteiger partial charge in [-0.05, 0) is 57.3 Å².